The lowest BCUT2D eigenvalue weighted by molar-refractivity contribution is -0.140. The van der Waals surface area contributed by atoms with Gasteiger partial charge in [-0.05, 0) is 48.7 Å². The van der Waals surface area contributed by atoms with E-state index in [4.69, 9.17) is 4.74 Å². The second-order valence-electron chi connectivity index (χ2n) is 6.38. The Hall–Kier alpha value is -3.10. The van der Waals surface area contributed by atoms with Gasteiger partial charge in [0.25, 0.3) is 0 Å². The highest BCUT2D eigenvalue weighted by molar-refractivity contribution is 6.01. The molecule has 2 aromatic rings. The van der Waals surface area contributed by atoms with Crippen molar-refractivity contribution in [2.24, 2.45) is 5.92 Å². The number of carboxylic acids is 1. The molecule has 1 saturated carbocycles. The van der Waals surface area contributed by atoms with Crippen LogP contribution < -0.4 is 10.1 Å². The topological polar surface area (TPSA) is 75.6 Å². The van der Waals surface area contributed by atoms with Crippen LogP contribution in [-0.4, -0.2) is 17.0 Å². The smallest absolute Gasteiger partial charge is 0.419 e. The molecular formula is C19H15F4NO4. The summed E-state index contributed by atoms with van der Waals surface area (Å²) in [5.41, 5.74) is -1.12. The Balaban J connectivity index is 1.75. The third-order valence-electron chi connectivity index (χ3n) is 4.17. The molecule has 1 amide bonds. The molecule has 0 bridgehead atoms. The number of nitrogens with one attached hydrogen (secondary N) is 1. The maximum atomic E-state index is 13.3. The number of alkyl halides is 3. The van der Waals surface area contributed by atoms with Gasteiger partial charge in [-0.15, -0.1) is 0 Å². The fraction of sp³-hybridized carbons (Fsp3) is 0.263. The van der Waals surface area contributed by atoms with Crippen LogP contribution >= 0.6 is 0 Å². The molecule has 5 nitrogen and oxygen atoms in total. The minimum Gasteiger partial charge on any atom is -0.489 e. The number of ether oxygens (including phenoxy) is 1. The number of aromatic carboxylic acids is 1. The fourth-order valence-corrected chi connectivity index (χ4v) is 2.53. The molecule has 1 aliphatic rings. The lowest BCUT2D eigenvalue weighted by Gasteiger charge is -2.13. The van der Waals surface area contributed by atoms with Crippen LogP contribution in [0.1, 0.15) is 34.3 Å². The fourth-order valence-electron chi connectivity index (χ4n) is 2.53. The third kappa shape index (κ3) is 4.59. The number of carboxylic acid groups (broad SMARTS) is 1. The van der Waals surface area contributed by atoms with Crippen molar-refractivity contribution in [2.45, 2.75) is 25.6 Å². The number of halogens is 4. The van der Waals surface area contributed by atoms with Crippen LogP contribution in [0.25, 0.3) is 0 Å². The molecule has 0 spiro atoms. The lowest BCUT2D eigenvalue weighted by atomic mass is 10.1. The number of benzene rings is 2. The standard InChI is InChI=1S/C19H15F4NO4/c20-15-5-4-12(8-14(15)19(21,22)23)28-9-10-1-6-16(13(7-10)18(26)27)24-17(25)11-2-3-11/h1,4-8,11H,2-3,9H2,(H,24,25)(H,26,27). The average molecular weight is 397 g/mol. The van der Waals surface area contributed by atoms with Crippen LogP contribution in [0.2, 0.25) is 0 Å². The zero-order valence-electron chi connectivity index (χ0n) is 14.3. The van der Waals surface area contributed by atoms with Gasteiger partial charge in [0, 0.05) is 5.92 Å². The number of rotatable bonds is 6. The molecule has 2 aromatic carbocycles. The van der Waals surface area contributed by atoms with Gasteiger partial charge in [-0.2, -0.15) is 13.2 Å². The minimum absolute atomic E-state index is 0.106. The number of carbonyl (C=O) groups excluding carboxylic acids is 1. The van der Waals surface area contributed by atoms with E-state index in [9.17, 15) is 32.3 Å². The summed E-state index contributed by atoms with van der Waals surface area (Å²) in [6.45, 7) is -0.236. The Kier molecular flexibility index (Phi) is 5.26. The maximum absolute atomic E-state index is 13.3. The third-order valence-corrected chi connectivity index (χ3v) is 4.17. The van der Waals surface area contributed by atoms with Crippen molar-refractivity contribution in [3.05, 3.63) is 58.9 Å². The van der Waals surface area contributed by atoms with Gasteiger partial charge >= 0.3 is 12.1 Å². The predicted octanol–water partition coefficient (Wildman–Crippen LogP) is 4.47. The summed E-state index contributed by atoms with van der Waals surface area (Å²) in [4.78, 5) is 23.3. The van der Waals surface area contributed by atoms with E-state index in [1.807, 2.05) is 0 Å². The van der Waals surface area contributed by atoms with E-state index in [0.717, 1.165) is 18.9 Å². The van der Waals surface area contributed by atoms with Gasteiger partial charge in [0.2, 0.25) is 5.91 Å². The maximum Gasteiger partial charge on any atom is 0.419 e. The van der Waals surface area contributed by atoms with E-state index < -0.39 is 23.5 Å². The van der Waals surface area contributed by atoms with Crippen LogP contribution in [0.5, 0.6) is 5.75 Å². The molecule has 0 aromatic heterocycles. The molecule has 0 saturated heterocycles. The molecule has 0 aliphatic heterocycles. The normalized spacial score (nSPS) is 13.9. The van der Waals surface area contributed by atoms with Crippen LogP contribution in [0.3, 0.4) is 0 Å². The summed E-state index contributed by atoms with van der Waals surface area (Å²) in [7, 11) is 0. The Morgan fingerprint density at radius 1 is 1.14 bits per heavy atom. The van der Waals surface area contributed by atoms with Crippen molar-refractivity contribution in [3.8, 4) is 5.75 Å². The second kappa shape index (κ2) is 7.49. The Morgan fingerprint density at radius 3 is 2.46 bits per heavy atom. The van der Waals surface area contributed by atoms with Crippen molar-refractivity contribution in [3.63, 3.8) is 0 Å². The van der Waals surface area contributed by atoms with Crippen LogP contribution in [0, 0.1) is 11.7 Å². The van der Waals surface area contributed by atoms with Crippen molar-refractivity contribution in [1.29, 1.82) is 0 Å². The molecule has 0 atom stereocenters. The molecule has 0 unspecified atom stereocenters. The van der Waals surface area contributed by atoms with E-state index >= 15 is 0 Å². The molecule has 0 heterocycles. The van der Waals surface area contributed by atoms with Gasteiger partial charge in [0.15, 0.2) is 0 Å². The molecule has 1 aliphatic carbocycles. The van der Waals surface area contributed by atoms with E-state index in [1.165, 1.54) is 18.2 Å². The first-order valence-electron chi connectivity index (χ1n) is 8.32. The van der Waals surface area contributed by atoms with Crippen molar-refractivity contribution in [1.82, 2.24) is 0 Å². The van der Waals surface area contributed by atoms with Crippen LogP contribution in [0.4, 0.5) is 23.2 Å². The van der Waals surface area contributed by atoms with Gasteiger partial charge in [-0.3, -0.25) is 4.79 Å². The van der Waals surface area contributed by atoms with Crippen molar-refractivity contribution in [2.75, 3.05) is 5.32 Å². The first kappa shape index (κ1) is 19.7. The number of amides is 1. The first-order chi connectivity index (χ1) is 13.1. The van der Waals surface area contributed by atoms with E-state index in [0.29, 0.717) is 17.7 Å². The molecule has 148 valence electrons. The summed E-state index contributed by atoms with van der Waals surface area (Å²) < 4.78 is 56.8. The molecule has 9 heteroatoms. The summed E-state index contributed by atoms with van der Waals surface area (Å²) in [5, 5.41) is 11.9. The molecule has 2 N–H and O–H groups in total. The Labute approximate surface area is 156 Å². The van der Waals surface area contributed by atoms with E-state index in [-0.39, 0.29) is 35.4 Å². The average Bonchev–Trinajstić information content (AvgIpc) is 3.46. The number of hydrogen-bond acceptors (Lipinski definition) is 3. The van der Waals surface area contributed by atoms with E-state index in [1.54, 1.807) is 0 Å². The van der Waals surface area contributed by atoms with E-state index in [2.05, 4.69) is 5.32 Å². The number of anilines is 1. The largest absolute Gasteiger partial charge is 0.489 e. The van der Waals surface area contributed by atoms with Crippen LogP contribution in [-0.2, 0) is 17.6 Å². The van der Waals surface area contributed by atoms with Crippen LogP contribution in [0.15, 0.2) is 36.4 Å². The highest BCUT2D eigenvalue weighted by Crippen LogP contribution is 2.34. The number of carbonyl (C=O) groups is 2. The predicted molar refractivity (Wildman–Crippen MR) is 90.5 cm³/mol. The molecule has 0 radical (unpaired) electrons. The highest BCUT2D eigenvalue weighted by atomic mass is 19.4. The summed E-state index contributed by atoms with van der Waals surface area (Å²) in [6, 6.07) is 6.39. The zero-order valence-corrected chi connectivity index (χ0v) is 14.3. The Bertz CT molecular complexity index is 923. The van der Waals surface area contributed by atoms with Gasteiger partial charge in [0.05, 0.1) is 16.8 Å². The SMILES string of the molecule is O=C(O)c1cc(COc2ccc(F)c(C(F)(F)F)c2)ccc1NC(=O)C1CC1. The zero-order chi connectivity index (χ0) is 20.5. The summed E-state index contributed by atoms with van der Waals surface area (Å²) in [6.07, 6.45) is -3.34. The quantitative estimate of drug-likeness (QED) is 0.706. The second-order valence-corrected chi connectivity index (χ2v) is 6.38. The molecule has 1 fully saturated rings. The molecule has 28 heavy (non-hydrogen) atoms. The summed E-state index contributed by atoms with van der Waals surface area (Å²) in [5.74, 6) is -3.25. The molecule has 3 rings (SSSR count). The van der Waals surface area contributed by atoms with Gasteiger partial charge < -0.3 is 15.2 Å². The monoisotopic (exact) mass is 397 g/mol. The highest BCUT2D eigenvalue weighted by Gasteiger charge is 2.34. The van der Waals surface area contributed by atoms with Gasteiger partial charge in [0.1, 0.15) is 18.2 Å². The summed E-state index contributed by atoms with van der Waals surface area (Å²) >= 11 is 0. The lowest BCUT2D eigenvalue weighted by Crippen LogP contribution is -2.16. The first-order valence-corrected chi connectivity index (χ1v) is 8.32. The van der Waals surface area contributed by atoms with Gasteiger partial charge in [-0.25, -0.2) is 9.18 Å². The minimum atomic E-state index is -4.86. The molecular weight excluding hydrogens is 382 g/mol. The van der Waals surface area contributed by atoms with Crippen molar-refractivity contribution >= 4 is 17.6 Å². The Morgan fingerprint density at radius 2 is 1.86 bits per heavy atom. The number of hydrogen-bond donors (Lipinski definition) is 2. The van der Waals surface area contributed by atoms with Crippen molar-refractivity contribution < 1.29 is 37.0 Å². The van der Waals surface area contributed by atoms with Gasteiger partial charge in [-0.1, -0.05) is 6.07 Å².